The molecule has 1 aromatic carbocycles. The van der Waals surface area contributed by atoms with E-state index in [0.29, 0.717) is 23.6 Å². The Kier molecular flexibility index (Phi) is 5.38. The number of carbonyl (C=O) groups is 3. The molecule has 0 bridgehead atoms. The Balaban J connectivity index is 1.42. The fraction of sp³-hybridized carbons (Fsp3) is 0.389. The van der Waals surface area contributed by atoms with E-state index in [1.54, 1.807) is 24.3 Å². The van der Waals surface area contributed by atoms with Gasteiger partial charge in [-0.2, -0.15) is 0 Å². The highest BCUT2D eigenvalue weighted by Crippen LogP contribution is 2.34. The van der Waals surface area contributed by atoms with Crippen molar-refractivity contribution >= 4 is 29.3 Å². The van der Waals surface area contributed by atoms with Crippen molar-refractivity contribution in [2.24, 2.45) is 11.8 Å². The maximum Gasteiger partial charge on any atom is 0.240 e. The number of rotatable bonds is 6. The average Bonchev–Trinajstić information content (AvgIpc) is 2.86. The first-order chi connectivity index (χ1) is 12.1. The zero-order valence-corrected chi connectivity index (χ0v) is 14.4. The first-order valence-electron chi connectivity index (χ1n) is 8.21. The average molecular weight is 363 g/mol. The Hall–Kier alpha value is -2.34. The van der Waals surface area contributed by atoms with Crippen LogP contribution in [0.2, 0.25) is 5.02 Å². The Morgan fingerprint density at radius 1 is 1.12 bits per heavy atom. The van der Waals surface area contributed by atoms with E-state index in [9.17, 15) is 14.4 Å². The van der Waals surface area contributed by atoms with Gasteiger partial charge >= 0.3 is 0 Å². The Morgan fingerprint density at radius 3 is 2.32 bits per heavy atom. The minimum Gasteiger partial charge on any atom is -0.492 e. The van der Waals surface area contributed by atoms with E-state index >= 15 is 0 Å². The lowest BCUT2D eigenvalue weighted by atomic mass is 9.85. The molecule has 25 heavy (non-hydrogen) atoms. The van der Waals surface area contributed by atoms with Crippen LogP contribution in [0.25, 0.3) is 0 Å². The topological polar surface area (TPSA) is 75.7 Å². The highest BCUT2D eigenvalue weighted by molar-refractivity contribution is 6.30. The molecule has 1 aliphatic carbocycles. The molecule has 0 unspecified atom stereocenters. The van der Waals surface area contributed by atoms with E-state index in [4.69, 9.17) is 16.3 Å². The predicted molar refractivity (Wildman–Crippen MR) is 92.0 cm³/mol. The first kappa shape index (κ1) is 17.5. The number of amides is 3. The van der Waals surface area contributed by atoms with Crippen molar-refractivity contribution in [1.29, 1.82) is 0 Å². The molecule has 1 aliphatic heterocycles. The number of nitrogens with zero attached hydrogens (tertiary/aromatic N) is 1. The molecule has 6 nitrogen and oxygen atoms in total. The van der Waals surface area contributed by atoms with Gasteiger partial charge in [0.05, 0.1) is 18.4 Å². The Bertz CT molecular complexity index is 676. The molecular weight excluding hydrogens is 344 g/mol. The molecule has 0 radical (unpaired) electrons. The van der Waals surface area contributed by atoms with E-state index in [1.807, 2.05) is 12.2 Å². The number of allylic oxidation sites excluding steroid dienone is 2. The van der Waals surface area contributed by atoms with Crippen molar-refractivity contribution in [3.63, 3.8) is 0 Å². The number of imide groups is 1. The van der Waals surface area contributed by atoms with Crippen LogP contribution in [-0.4, -0.2) is 42.3 Å². The maximum absolute atomic E-state index is 12.3. The summed E-state index contributed by atoms with van der Waals surface area (Å²) in [7, 11) is 0. The second-order valence-electron chi connectivity index (χ2n) is 6.07. The third-order valence-corrected chi connectivity index (χ3v) is 4.66. The maximum atomic E-state index is 12.3. The van der Waals surface area contributed by atoms with Gasteiger partial charge in [-0.3, -0.25) is 19.3 Å². The van der Waals surface area contributed by atoms with E-state index < -0.39 is 0 Å². The van der Waals surface area contributed by atoms with Crippen molar-refractivity contribution in [2.75, 3.05) is 19.7 Å². The summed E-state index contributed by atoms with van der Waals surface area (Å²) < 4.78 is 5.47. The van der Waals surface area contributed by atoms with Gasteiger partial charge in [0.25, 0.3) is 0 Å². The zero-order chi connectivity index (χ0) is 17.8. The molecule has 2 aliphatic rings. The van der Waals surface area contributed by atoms with Gasteiger partial charge in [-0.05, 0) is 37.1 Å². The van der Waals surface area contributed by atoms with Crippen LogP contribution in [-0.2, 0) is 14.4 Å². The van der Waals surface area contributed by atoms with Gasteiger partial charge in [0, 0.05) is 5.02 Å². The number of hydrogen-bond donors (Lipinski definition) is 1. The molecule has 3 rings (SSSR count). The normalized spacial score (nSPS) is 22.0. The molecule has 0 aromatic heterocycles. The lowest BCUT2D eigenvalue weighted by Gasteiger charge is -2.14. The van der Waals surface area contributed by atoms with Crippen LogP contribution in [0.1, 0.15) is 12.8 Å². The third-order valence-electron chi connectivity index (χ3n) is 4.41. The van der Waals surface area contributed by atoms with Crippen LogP contribution in [0.3, 0.4) is 0 Å². The van der Waals surface area contributed by atoms with Gasteiger partial charge in [0.1, 0.15) is 18.9 Å². The zero-order valence-electron chi connectivity index (χ0n) is 13.6. The summed E-state index contributed by atoms with van der Waals surface area (Å²) in [4.78, 5) is 37.7. The minimum atomic E-state index is -0.368. The highest BCUT2D eigenvalue weighted by Gasteiger charge is 2.47. The fourth-order valence-electron chi connectivity index (χ4n) is 3.11. The van der Waals surface area contributed by atoms with E-state index in [2.05, 4.69) is 5.32 Å². The number of nitrogens with one attached hydrogen (secondary N) is 1. The lowest BCUT2D eigenvalue weighted by molar-refractivity contribution is -0.143. The molecule has 1 heterocycles. The number of carbonyl (C=O) groups excluding carboxylic acids is 3. The van der Waals surface area contributed by atoms with Crippen molar-refractivity contribution in [3.8, 4) is 5.75 Å². The number of hydrogen-bond acceptors (Lipinski definition) is 4. The largest absolute Gasteiger partial charge is 0.492 e. The predicted octanol–water partition coefficient (Wildman–Crippen LogP) is 1.79. The van der Waals surface area contributed by atoms with Crippen molar-refractivity contribution < 1.29 is 19.1 Å². The van der Waals surface area contributed by atoms with Gasteiger partial charge in [0.15, 0.2) is 0 Å². The molecular formula is C18H19ClN2O4. The molecule has 1 N–H and O–H groups in total. The molecule has 1 aromatic rings. The summed E-state index contributed by atoms with van der Waals surface area (Å²) in [5.74, 6) is -0.816. The fourth-order valence-corrected chi connectivity index (χ4v) is 3.24. The third kappa shape index (κ3) is 4.02. The van der Waals surface area contributed by atoms with Crippen LogP contribution in [0.5, 0.6) is 5.75 Å². The Labute approximate surface area is 150 Å². The first-order valence-corrected chi connectivity index (χ1v) is 8.59. The summed E-state index contributed by atoms with van der Waals surface area (Å²) in [5, 5.41) is 3.28. The standard InChI is InChI=1S/C18H19ClN2O4/c19-12-5-7-13(8-6-12)25-10-9-20-16(22)11-21-17(23)14-3-1-2-4-15(14)18(21)24/h1-2,5-8,14-15H,3-4,9-11H2,(H,20,22)/t14-,15+. The van der Waals surface area contributed by atoms with E-state index in [-0.39, 0.29) is 49.3 Å². The lowest BCUT2D eigenvalue weighted by Crippen LogP contribution is -2.42. The van der Waals surface area contributed by atoms with E-state index in [0.717, 1.165) is 4.90 Å². The molecule has 3 amide bonds. The summed E-state index contributed by atoms with van der Waals surface area (Å²) in [6.45, 7) is 0.335. The summed E-state index contributed by atoms with van der Waals surface area (Å²) >= 11 is 5.79. The number of benzene rings is 1. The van der Waals surface area contributed by atoms with Gasteiger partial charge in [0.2, 0.25) is 17.7 Å². The molecule has 1 fully saturated rings. The second kappa shape index (κ2) is 7.70. The van der Waals surface area contributed by atoms with Gasteiger partial charge in [-0.1, -0.05) is 23.8 Å². The number of likely N-dealkylation sites (tertiary alicyclic amines) is 1. The number of halogens is 1. The smallest absolute Gasteiger partial charge is 0.240 e. The van der Waals surface area contributed by atoms with Crippen molar-refractivity contribution in [1.82, 2.24) is 10.2 Å². The van der Waals surface area contributed by atoms with Gasteiger partial charge in [-0.25, -0.2) is 0 Å². The van der Waals surface area contributed by atoms with E-state index in [1.165, 1.54) is 0 Å². The number of fused-ring (bicyclic) bond motifs is 1. The van der Waals surface area contributed by atoms with Gasteiger partial charge < -0.3 is 10.1 Å². The van der Waals surface area contributed by atoms with Crippen molar-refractivity contribution in [2.45, 2.75) is 12.8 Å². The van der Waals surface area contributed by atoms with Crippen LogP contribution in [0, 0.1) is 11.8 Å². The van der Waals surface area contributed by atoms with Crippen LogP contribution in [0.4, 0.5) is 0 Å². The van der Waals surface area contributed by atoms with Crippen LogP contribution >= 0.6 is 11.6 Å². The number of ether oxygens (including phenoxy) is 1. The molecule has 0 spiro atoms. The summed E-state index contributed by atoms with van der Waals surface area (Å²) in [5.41, 5.74) is 0. The second-order valence-corrected chi connectivity index (χ2v) is 6.51. The molecule has 132 valence electrons. The summed E-state index contributed by atoms with van der Waals surface area (Å²) in [6, 6.07) is 6.91. The Morgan fingerprint density at radius 2 is 1.72 bits per heavy atom. The molecule has 1 saturated heterocycles. The molecule has 2 atom stereocenters. The molecule has 7 heteroatoms. The van der Waals surface area contributed by atoms with Crippen LogP contribution < -0.4 is 10.1 Å². The quantitative estimate of drug-likeness (QED) is 0.475. The van der Waals surface area contributed by atoms with Crippen molar-refractivity contribution in [3.05, 3.63) is 41.4 Å². The summed E-state index contributed by atoms with van der Waals surface area (Å²) in [6.07, 6.45) is 4.98. The highest BCUT2D eigenvalue weighted by atomic mass is 35.5. The monoisotopic (exact) mass is 362 g/mol. The van der Waals surface area contributed by atoms with Gasteiger partial charge in [-0.15, -0.1) is 0 Å². The minimum absolute atomic E-state index is 0.231. The van der Waals surface area contributed by atoms with Crippen LogP contribution in [0.15, 0.2) is 36.4 Å². The molecule has 0 saturated carbocycles. The SMILES string of the molecule is O=C(CN1C(=O)[C@H]2CC=CC[C@H]2C1=O)NCCOc1ccc(Cl)cc1.